The number of nitrogens with zero attached hydrogens (tertiary/aromatic N) is 1. The monoisotopic (exact) mass is 1110 g/mol. The van der Waals surface area contributed by atoms with Gasteiger partial charge in [-0.3, -0.25) is 9.59 Å². The van der Waals surface area contributed by atoms with Gasteiger partial charge in [0.25, 0.3) is 5.91 Å². The summed E-state index contributed by atoms with van der Waals surface area (Å²) in [5.74, 6) is -3.72. The summed E-state index contributed by atoms with van der Waals surface area (Å²) in [6.07, 6.45) is -15.5. The maximum Gasteiger partial charge on any atom is 0.416 e. The molecule has 1 amide bonds. The number of benzene rings is 9. The normalized spacial score (nSPS) is 14.6. The maximum absolute atomic E-state index is 15.1. The van der Waals surface area contributed by atoms with E-state index in [0.717, 1.165) is 68.0 Å². The minimum absolute atomic E-state index is 0.0204. The standard InChI is InChI=1S/C68H48F9NO4/c1-4-53-55(46-25-21-44(22-26-46)42-13-7-5-8-14-42)35-52(36-56(53)47-27-23-45(24-28-47)43-15-9-6-10-16-43)81-62(79)31-41-19-29-51(30-20-41)78-60(40(3)66(69,70)71)38-58-59(65(78)80)37-57(64-63(58)39(2)54-17-11-12-18-61(54)82-64)48-32-49(67(72,73)74)34-50(33-48)68(75,76)77/h5-30,32-37,40,60H,2,4,31,38H2,1,3H3/t40?,60-/m1/s1. The second-order valence-electron chi connectivity index (χ2n) is 20.4. The van der Waals surface area contributed by atoms with Gasteiger partial charge in [-0.2, -0.15) is 39.5 Å². The molecule has 2 aliphatic heterocycles. The molecular weight excluding hydrogens is 1070 g/mol. The first-order chi connectivity index (χ1) is 39.1. The molecule has 0 bridgehead atoms. The molecule has 14 heteroatoms. The summed E-state index contributed by atoms with van der Waals surface area (Å²) in [5.41, 5.74) is 4.99. The first-order valence-electron chi connectivity index (χ1n) is 26.3. The van der Waals surface area contributed by atoms with Gasteiger partial charge in [0.1, 0.15) is 17.2 Å². The van der Waals surface area contributed by atoms with Gasteiger partial charge in [0, 0.05) is 27.9 Å². The molecule has 0 aliphatic carbocycles. The molecule has 2 aliphatic rings. The van der Waals surface area contributed by atoms with Crippen LogP contribution in [0.15, 0.2) is 201 Å². The number of halogens is 9. The van der Waals surface area contributed by atoms with Crippen molar-refractivity contribution >= 4 is 23.1 Å². The zero-order valence-corrected chi connectivity index (χ0v) is 43.9. The van der Waals surface area contributed by atoms with Crippen molar-refractivity contribution in [2.24, 2.45) is 5.92 Å². The summed E-state index contributed by atoms with van der Waals surface area (Å²) in [6, 6.07) is 52.2. The molecule has 0 fully saturated rings. The first kappa shape index (κ1) is 54.8. The van der Waals surface area contributed by atoms with Crippen molar-refractivity contribution in [3.63, 3.8) is 0 Å². The average molecular weight is 1110 g/mol. The van der Waals surface area contributed by atoms with Crippen molar-refractivity contribution < 1.29 is 58.6 Å². The second kappa shape index (κ2) is 21.4. The molecule has 9 aromatic carbocycles. The van der Waals surface area contributed by atoms with Crippen molar-refractivity contribution in [2.75, 3.05) is 4.90 Å². The highest BCUT2D eigenvalue weighted by atomic mass is 19.4. The number of carbonyl (C=O) groups is 2. The Labute approximate surface area is 466 Å². The summed E-state index contributed by atoms with van der Waals surface area (Å²) in [4.78, 5) is 30.1. The van der Waals surface area contributed by atoms with E-state index < -0.39 is 65.5 Å². The van der Waals surface area contributed by atoms with E-state index >= 15 is 18.0 Å². The van der Waals surface area contributed by atoms with Crippen molar-refractivity contribution in [3.05, 3.63) is 245 Å². The molecule has 0 radical (unpaired) electrons. The zero-order valence-electron chi connectivity index (χ0n) is 43.9. The van der Waals surface area contributed by atoms with Gasteiger partial charge in [-0.25, -0.2) is 0 Å². The topological polar surface area (TPSA) is 55.8 Å². The number of para-hydroxylation sites is 1. The summed E-state index contributed by atoms with van der Waals surface area (Å²) >= 11 is 0. The molecule has 0 spiro atoms. The summed E-state index contributed by atoms with van der Waals surface area (Å²) in [7, 11) is 0. The Kier molecular flexibility index (Phi) is 14.3. The lowest BCUT2D eigenvalue weighted by molar-refractivity contribution is -0.174. The van der Waals surface area contributed by atoms with E-state index in [9.17, 15) is 31.1 Å². The van der Waals surface area contributed by atoms with Crippen LogP contribution in [0.25, 0.3) is 61.2 Å². The molecular formula is C68H48F9NO4. The third kappa shape index (κ3) is 10.7. The molecule has 5 nitrogen and oxygen atoms in total. The molecule has 0 aromatic heterocycles. The van der Waals surface area contributed by atoms with Crippen LogP contribution in [0.4, 0.5) is 45.2 Å². The quantitative estimate of drug-likeness (QED) is 0.0736. The van der Waals surface area contributed by atoms with Gasteiger partial charge in [0.2, 0.25) is 0 Å². The molecule has 11 rings (SSSR count). The minimum atomic E-state index is -5.24. The maximum atomic E-state index is 15.1. The predicted octanol–water partition coefficient (Wildman–Crippen LogP) is 18.7. The van der Waals surface area contributed by atoms with Gasteiger partial charge in [0.05, 0.1) is 29.5 Å². The highest BCUT2D eigenvalue weighted by molar-refractivity contribution is 6.12. The third-order valence-electron chi connectivity index (χ3n) is 15.3. The van der Waals surface area contributed by atoms with Gasteiger partial charge < -0.3 is 14.4 Å². The summed E-state index contributed by atoms with van der Waals surface area (Å²) in [5, 5.41) is 0. The number of carbonyl (C=O) groups excluding carboxylic acids is 2. The Hall–Kier alpha value is -9.17. The van der Waals surface area contributed by atoms with Crippen molar-refractivity contribution in [2.45, 2.75) is 57.7 Å². The fraction of sp³-hybridized carbons (Fsp3) is 0.147. The number of hydrogen-bond acceptors (Lipinski definition) is 4. The lowest BCUT2D eigenvalue weighted by Gasteiger charge is -2.42. The van der Waals surface area contributed by atoms with Crippen LogP contribution >= 0.6 is 0 Å². The number of rotatable bonds is 11. The SMILES string of the molecule is C=C1c2ccccc2Oc2c(-c3cc(C(F)(F)F)cc(C(F)(F)F)c3)cc3c(c21)C[C@H](C(C)C(F)(F)F)N(c1ccc(CC(=O)Oc2cc(-c4ccc(-c5ccccc5)cc4)c(CC)c(-c4ccc(-c5ccccc5)cc4)c2)cc1)C3=O. The zero-order chi connectivity index (χ0) is 57.8. The molecule has 9 aromatic rings. The van der Waals surface area contributed by atoms with Gasteiger partial charge in [-0.15, -0.1) is 0 Å². The lowest BCUT2D eigenvalue weighted by atomic mass is 9.78. The fourth-order valence-electron chi connectivity index (χ4n) is 11.1. The fourth-order valence-corrected chi connectivity index (χ4v) is 11.1. The van der Waals surface area contributed by atoms with Gasteiger partial charge in [-0.05, 0) is 140 Å². The van der Waals surface area contributed by atoms with Gasteiger partial charge in [-0.1, -0.05) is 160 Å². The highest BCUT2D eigenvalue weighted by Gasteiger charge is 2.49. The molecule has 1 unspecified atom stereocenters. The summed E-state index contributed by atoms with van der Waals surface area (Å²) in [6.45, 7) is 7.16. The molecule has 2 atom stereocenters. The van der Waals surface area contributed by atoms with Gasteiger partial charge in [0.15, 0.2) is 0 Å². The molecule has 412 valence electrons. The largest absolute Gasteiger partial charge is 0.455 e. The second-order valence-corrected chi connectivity index (χ2v) is 20.4. The van der Waals surface area contributed by atoms with Gasteiger partial charge >= 0.3 is 24.5 Å². The van der Waals surface area contributed by atoms with Crippen LogP contribution in [0.2, 0.25) is 0 Å². The van der Waals surface area contributed by atoms with Crippen LogP contribution in [0.1, 0.15) is 63.1 Å². The van der Waals surface area contributed by atoms with Crippen molar-refractivity contribution in [3.8, 4) is 72.9 Å². The van der Waals surface area contributed by atoms with Crippen LogP contribution in [0, 0.1) is 5.92 Å². The number of alkyl halides is 9. The Bertz CT molecular complexity index is 3790. The molecule has 0 N–H and O–H groups in total. The van der Waals surface area contributed by atoms with E-state index in [2.05, 4.69) is 13.5 Å². The molecule has 0 saturated heterocycles. The Morgan fingerprint density at radius 1 is 0.585 bits per heavy atom. The third-order valence-corrected chi connectivity index (χ3v) is 15.3. The number of amides is 1. The van der Waals surface area contributed by atoms with Crippen LogP contribution in [-0.2, 0) is 36.4 Å². The van der Waals surface area contributed by atoms with E-state index in [1.165, 1.54) is 30.3 Å². The molecule has 0 saturated carbocycles. The number of esters is 1. The summed E-state index contributed by atoms with van der Waals surface area (Å²) < 4.78 is 143. The number of hydrogen-bond donors (Lipinski definition) is 0. The van der Waals surface area contributed by atoms with E-state index in [1.807, 2.05) is 121 Å². The average Bonchev–Trinajstić information content (AvgIpc) is 1.76. The smallest absolute Gasteiger partial charge is 0.416 e. The van der Waals surface area contributed by atoms with Crippen molar-refractivity contribution in [1.82, 2.24) is 0 Å². The Balaban J connectivity index is 0.942. The Morgan fingerprint density at radius 2 is 1.09 bits per heavy atom. The van der Waals surface area contributed by atoms with E-state index in [-0.39, 0.29) is 63.3 Å². The first-order valence-corrected chi connectivity index (χ1v) is 26.3. The van der Waals surface area contributed by atoms with E-state index in [0.29, 0.717) is 29.7 Å². The Morgan fingerprint density at radius 3 is 1.60 bits per heavy atom. The van der Waals surface area contributed by atoms with E-state index in [4.69, 9.17) is 9.47 Å². The number of ether oxygens (including phenoxy) is 2. The highest BCUT2D eigenvalue weighted by Crippen LogP contribution is 2.53. The van der Waals surface area contributed by atoms with Crippen LogP contribution in [0.5, 0.6) is 17.2 Å². The van der Waals surface area contributed by atoms with Crippen molar-refractivity contribution in [1.29, 1.82) is 0 Å². The minimum Gasteiger partial charge on any atom is -0.455 e. The predicted molar refractivity (Wildman–Crippen MR) is 299 cm³/mol. The van der Waals surface area contributed by atoms with Crippen LogP contribution in [-0.4, -0.2) is 24.1 Å². The number of fused-ring (bicyclic) bond motifs is 4. The number of anilines is 1. The lowest BCUT2D eigenvalue weighted by Crippen LogP contribution is -2.52. The van der Waals surface area contributed by atoms with E-state index in [1.54, 1.807) is 18.2 Å². The molecule has 82 heavy (non-hydrogen) atoms. The molecule has 2 heterocycles. The van der Waals surface area contributed by atoms with Crippen LogP contribution < -0.4 is 14.4 Å². The van der Waals surface area contributed by atoms with Crippen LogP contribution in [0.3, 0.4) is 0 Å².